The minimum atomic E-state index is -1.08. The summed E-state index contributed by atoms with van der Waals surface area (Å²) >= 11 is 6.18. The van der Waals surface area contributed by atoms with Crippen LogP contribution in [0.5, 0.6) is 5.75 Å². The zero-order valence-electron chi connectivity index (χ0n) is 10.8. The molecule has 0 saturated carbocycles. The van der Waals surface area contributed by atoms with E-state index in [4.69, 9.17) is 22.1 Å². The quantitative estimate of drug-likeness (QED) is 0.904. The van der Waals surface area contributed by atoms with Crippen molar-refractivity contribution in [2.24, 2.45) is 0 Å². The normalized spacial score (nSPS) is 10.3. The molecule has 2 rings (SSSR count). The van der Waals surface area contributed by atoms with E-state index in [0.29, 0.717) is 28.5 Å². The van der Waals surface area contributed by atoms with Gasteiger partial charge in [0.1, 0.15) is 11.6 Å². The highest BCUT2D eigenvalue weighted by molar-refractivity contribution is 6.33. The molecule has 0 aliphatic rings. The second-order valence-electron chi connectivity index (χ2n) is 4.03. The minimum absolute atomic E-state index is 0.0589. The first-order valence-electron chi connectivity index (χ1n) is 5.94. The van der Waals surface area contributed by atoms with Crippen molar-refractivity contribution in [3.05, 3.63) is 41.0 Å². The fourth-order valence-electron chi connectivity index (χ4n) is 1.83. The average Bonchev–Trinajstić information content (AvgIpc) is 2.40. The third-order valence-corrected chi connectivity index (χ3v) is 3.01. The number of anilines is 1. The van der Waals surface area contributed by atoms with Gasteiger partial charge in [-0.05, 0) is 31.2 Å². The van der Waals surface area contributed by atoms with Crippen molar-refractivity contribution in [1.29, 1.82) is 0 Å². The number of nitrogens with two attached hydrogens (primary N) is 1. The minimum Gasteiger partial charge on any atom is -0.494 e. The molecule has 0 bridgehead atoms. The van der Waals surface area contributed by atoms with Gasteiger partial charge in [-0.3, -0.25) is 0 Å². The Bertz CT molecular complexity index is 659. The number of pyridine rings is 1. The number of ether oxygens (including phenoxy) is 1. The van der Waals surface area contributed by atoms with Crippen LogP contribution in [0.1, 0.15) is 17.3 Å². The summed E-state index contributed by atoms with van der Waals surface area (Å²) in [6, 6.07) is 6.38. The summed E-state index contributed by atoms with van der Waals surface area (Å²) in [7, 11) is 0. The molecule has 0 aliphatic carbocycles. The number of carbonyl (C=O) groups is 1. The molecular weight excluding hydrogens is 280 g/mol. The Morgan fingerprint density at radius 1 is 1.40 bits per heavy atom. The molecule has 2 aromatic rings. The van der Waals surface area contributed by atoms with E-state index >= 15 is 0 Å². The van der Waals surface area contributed by atoms with Crippen molar-refractivity contribution < 1.29 is 14.6 Å². The van der Waals surface area contributed by atoms with Gasteiger partial charge < -0.3 is 15.6 Å². The van der Waals surface area contributed by atoms with Crippen LogP contribution in [0.4, 0.5) is 5.82 Å². The highest BCUT2D eigenvalue weighted by atomic mass is 35.5. The van der Waals surface area contributed by atoms with E-state index in [2.05, 4.69) is 4.98 Å². The van der Waals surface area contributed by atoms with Crippen molar-refractivity contribution in [3.8, 4) is 16.9 Å². The topological polar surface area (TPSA) is 85.4 Å². The lowest BCUT2D eigenvalue weighted by atomic mass is 10.0. The van der Waals surface area contributed by atoms with Crippen LogP contribution in [0.3, 0.4) is 0 Å². The molecule has 0 aliphatic heterocycles. The summed E-state index contributed by atoms with van der Waals surface area (Å²) in [4.78, 5) is 15.2. The third kappa shape index (κ3) is 2.83. The van der Waals surface area contributed by atoms with Gasteiger partial charge in [0.25, 0.3) is 0 Å². The van der Waals surface area contributed by atoms with Gasteiger partial charge in [-0.25, -0.2) is 9.78 Å². The van der Waals surface area contributed by atoms with Gasteiger partial charge in [0.2, 0.25) is 0 Å². The predicted molar refractivity (Wildman–Crippen MR) is 77.2 cm³/mol. The Morgan fingerprint density at radius 2 is 2.15 bits per heavy atom. The predicted octanol–water partition coefficient (Wildman–Crippen LogP) is 3.08. The number of nitrogen functional groups attached to an aromatic ring is 1. The van der Waals surface area contributed by atoms with E-state index in [0.717, 1.165) is 0 Å². The lowest BCUT2D eigenvalue weighted by Gasteiger charge is -2.10. The van der Waals surface area contributed by atoms with E-state index in [9.17, 15) is 9.90 Å². The smallest absolute Gasteiger partial charge is 0.336 e. The van der Waals surface area contributed by atoms with Gasteiger partial charge in [-0.1, -0.05) is 11.6 Å². The van der Waals surface area contributed by atoms with Crippen molar-refractivity contribution in [2.75, 3.05) is 12.3 Å². The number of aromatic nitrogens is 1. The zero-order valence-corrected chi connectivity index (χ0v) is 11.5. The number of halogens is 1. The molecule has 0 unspecified atom stereocenters. The first-order valence-corrected chi connectivity index (χ1v) is 6.32. The van der Waals surface area contributed by atoms with Gasteiger partial charge in [0.05, 0.1) is 17.2 Å². The molecule has 1 aromatic heterocycles. The van der Waals surface area contributed by atoms with Crippen LogP contribution in [0.2, 0.25) is 5.02 Å². The molecule has 1 aromatic carbocycles. The maximum Gasteiger partial charge on any atom is 0.336 e. The third-order valence-electron chi connectivity index (χ3n) is 2.70. The number of nitrogens with zero attached hydrogens (tertiary/aromatic N) is 1. The molecule has 0 spiro atoms. The molecule has 3 N–H and O–H groups in total. The summed E-state index contributed by atoms with van der Waals surface area (Å²) in [5, 5.41) is 9.62. The number of carboxylic acids is 1. The van der Waals surface area contributed by atoms with E-state index in [-0.39, 0.29) is 11.4 Å². The first kappa shape index (κ1) is 14.1. The Kier molecular flexibility index (Phi) is 4.10. The summed E-state index contributed by atoms with van der Waals surface area (Å²) in [5.41, 5.74) is 6.56. The Labute approximate surface area is 121 Å². The number of rotatable bonds is 4. The largest absolute Gasteiger partial charge is 0.494 e. The molecule has 104 valence electrons. The molecule has 6 heteroatoms. The van der Waals surface area contributed by atoms with Crippen LogP contribution in [-0.4, -0.2) is 22.7 Å². The maximum atomic E-state index is 11.3. The van der Waals surface area contributed by atoms with Gasteiger partial charge in [-0.2, -0.15) is 0 Å². The van der Waals surface area contributed by atoms with Crippen LogP contribution in [-0.2, 0) is 0 Å². The van der Waals surface area contributed by atoms with E-state index in [1.54, 1.807) is 18.2 Å². The highest BCUT2D eigenvalue weighted by Gasteiger charge is 2.15. The lowest BCUT2D eigenvalue weighted by molar-refractivity contribution is 0.0697. The van der Waals surface area contributed by atoms with Crippen molar-refractivity contribution in [2.45, 2.75) is 6.92 Å². The number of aromatic carboxylic acids is 1. The van der Waals surface area contributed by atoms with Crippen molar-refractivity contribution in [1.82, 2.24) is 4.98 Å². The molecule has 5 nitrogen and oxygen atoms in total. The number of carboxylic acid groups (broad SMARTS) is 1. The van der Waals surface area contributed by atoms with Crippen molar-refractivity contribution in [3.63, 3.8) is 0 Å². The van der Waals surface area contributed by atoms with E-state index in [1.165, 1.54) is 12.3 Å². The number of benzene rings is 1. The monoisotopic (exact) mass is 292 g/mol. The van der Waals surface area contributed by atoms with Gasteiger partial charge >= 0.3 is 5.97 Å². The second kappa shape index (κ2) is 5.79. The number of hydrogen-bond donors (Lipinski definition) is 2. The molecular formula is C14H13ClN2O3. The molecule has 0 amide bonds. The van der Waals surface area contributed by atoms with E-state index in [1.807, 2.05) is 6.92 Å². The summed E-state index contributed by atoms with van der Waals surface area (Å²) in [5.74, 6) is -0.311. The van der Waals surface area contributed by atoms with Crippen LogP contribution in [0.25, 0.3) is 11.1 Å². The average molecular weight is 293 g/mol. The van der Waals surface area contributed by atoms with Crippen LogP contribution >= 0.6 is 11.6 Å². The van der Waals surface area contributed by atoms with E-state index < -0.39 is 5.97 Å². The molecule has 0 radical (unpaired) electrons. The Morgan fingerprint density at radius 3 is 2.75 bits per heavy atom. The summed E-state index contributed by atoms with van der Waals surface area (Å²) < 4.78 is 5.34. The number of hydrogen-bond acceptors (Lipinski definition) is 4. The van der Waals surface area contributed by atoms with Gasteiger partial charge in [0, 0.05) is 17.3 Å². The zero-order chi connectivity index (χ0) is 14.7. The lowest BCUT2D eigenvalue weighted by Crippen LogP contribution is -2.03. The molecule has 0 saturated heterocycles. The fraction of sp³-hybridized carbons (Fsp3) is 0.143. The molecule has 1 heterocycles. The highest BCUT2D eigenvalue weighted by Crippen LogP contribution is 2.33. The van der Waals surface area contributed by atoms with Gasteiger partial charge in [0.15, 0.2) is 0 Å². The Balaban J connectivity index is 2.54. The van der Waals surface area contributed by atoms with Crippen LogP contribution in [0.15, 0.2) is 30.5 Å². The fourth-order valence-corrected chi connectivity index (χ4v) is 2.11. The standard InChI is InChI=1S/C14H13ClN2O3/c1-2-20-8-3-4-9(12(15)5-8)11-7-17-13(16)6-10(11)14(18)19/h3-7H,2H2,1H3,(H2,16,17)(H,18,19). The maximum absolute atomic E-state index is 11.3. The van der Waals surface area contributed by atoms with Crippen LogP contribution < -0.4 is 10.5 Å². The molecule has 0 fully saturated rings. The second-order valence-corrected chi connectivity index (χ2v) is 4.44. The van der Waals surface area contributed by atoms with Gasteiger partial charge in [-0.15, -0.1) is 0 Å². The summed E-state index contributed by atoms with van der Waals surface area (Å²) in [6.45, 7) is 2.40. The van der Waals surface area contributed by atoms with Crippen LogP contribution in [0, 0.1) is 0 Å². The molecule has 0 atom stereocenters. The summed E-state index contributed by atoms with van der Waals surface area (Å²) in [6.07, 6.45) is 1.40. The first-order chi connectivity index (χ1) is 9.52. The van der Waals surface area contributed by atoms with Crippen molar-refractivity contribution >= 4 is 23.4 Å². The Hall–Kier alpha value is -2.27. The SMILES string of the molecule is CCOc1ccc(-c2cnc(N)cc2C(=O)O)c(Cl)c1. The molecule has 20 heavy (non-hydrogen) atoms.